The van der Waals surface area contributed by atoms with E-state index in [1.807, 2.05) is 42.5 Å². The Bertz CT molecular complexity index is 1080. The molecule has 0 radical (unpaired) electrons. The van der Waals surface area contributed by atoms with Crippen molar-refractivity contribution in [1.29, 1.82) is 10.5 Å². The van der Waals surface area contributed by atoms with Crippen molar-refractivity contribution in [2.24, 2.45) is 5.92 Å². The van der Waals surface area contributed by atoms with E-state index in [2.05, 4.69) is 5.10 Å². The molecule has 0 spiro atoms. The topological polar surface area (TPSA) is 135 Å². The van der Waals surface area contributed by atoms with Gasteiger partial charge in [0.25, 0.3) is 5.69 Å². The van der Waals surface area contributed by atoms with E-state index >= 15 is 0 Å². The highest BCUT2D eigenvalue weighted by atomic mass is 16.6. The molecule has 0 amide bonds. The van der Waals surface area contributed by atoms with Crippen LogP contribution in [0.25, 0.3) is 5.69 Å². The summed E-state index contributed by atoms with van der Waals surface area (Å²) < 4.78 is 1.56. The lowest BCUT2D eigenvalue weighted by molar-refractivity contribution is -0.384. The van der Waals surface area contributed by atoms with Crippen molar-refractivity contribution in [3.8, 4) is 17.8 Å². The van der Waals surface area contributed by atoms with Crippen LogP contribution in [-0.2, 0) is 0 Å². The average molecular weight is 372 g/mol. The van der Waals surface area contributed by atoms with Crippen molar-refractivity contribution in [2.45, 2.75) is 12.8 Å². The summed E-state index contributed by atoms with van der Waals surface area (Å²) in [7, 11) is 0. The number of nitro groups is 1. The van der Waals surface area contributed by atoms with E-state index in [-0.39, 0.29) is 5.69 Å². The molecule has 0 aliphatic heterocycles. The molecule has 2 N–H and O–H groups in total. The first-order chi connectivity index (χ1) is 13.5. The summed E-state index contributed by atoms with van der Waals surface area (Å²) in [5, 5.41) is 34.5. The Balaban J connectivity index is 2.17. The zero-order chi connectivity index (χ0) is 20.3. The van der Waals surface area contributed by atoms with Gasteiger partial charge in [0, 0.05) is 23.6 Å². The van der Waals surface area contributed by atoms with E-state index in [1.165, 1.54) is 12.1 Å². The quantitative estimate of drug-likeness (QED) is 0.538. The summed E-state index contributed by atoms with van der Waals surface area (Å²) in [6, 6.07) is 19.1. The Morgan fingerprint density at radius 3 is 2.25 bits per heavy atom. The maximum Gasteiger partial charge on any atom is 0.269 e. The van der Waals surface area contributed by atoms with Crippen molar-refractivity contribution in [2.75, 3.05) is 5.73 Å². The van der Waals surface area contributed by atoms with Gasteiger partial charge in [0.05, 0.1) is 28.4 Å². The number of rotatable bonds is 5. The molecule has 0 saturated carbocycles. The fourth-order valence-electron chi connectivity index (χ4n) is 3.21. The van der Waals surface area contributed by atoms with Crippen molar-refractivity contribution in [3.63, 3.8) is 0 Å². The Kier molecular flexibility index (Phi) is 5.05. The first kappa shape index (κ1) is 18.6. The molecule has 2 aromatic carbocycles. The molecule has 1 atom stereocenters. The molecule has 0 aliphatic carbocycles. The minimum atomic E-state index is -1.03. The number of nitrogens with two attached hydrogens (primary N) is 1. The standard InChI is InChI=1S/C20H16N6O2/c1-13-18(20(23)25(24-13)16-5-3-2-4-6-16)19(15(11-21)12-22)14-7-9-17(10-8-14)26(27)28/h2-10,15,19H,23H2,1H3. The van der Waals surface area contributed by atoms with Crippen LogP contribution in [0.15, 0.2) is 54.6 Å². The van der Waals surface area contributed by atoms with E-state index < -0.39 is 16.8 Å². The second kappa shape index (κ2) is 7.60. The number of anilines is 1. The molecule has 0 aliphatic rings. The fraction of sp³-hybridized carbons (Fsp3) is 0.150. The van der Waals surface area contributed by atoms with Gasteiger partial charge in [0.15, 0.2) is 0 Å². The maximum absolute atomic E-state index is 10.9. The Morgan fingerprint density at radius 2 is 1.71 bits per heavy atom. The number of hydrogen-bond acceptors (Lipinski definition) is 6. The van der Waals surface area contributed by atoms with Gasteiger partial charge in [-0.1, -0.05) is 30.3 Å². The lowest BCUT2D eigenvalue weighted by Gasteiger charge is -2.19. The van der Waals surface area contributed by atoms with Gasteiger partial charge in [-0.2, -0.15) is 15.6 Å². The molecule has 8 nitrogen and oxygen atoms in total. The smallest absolute Gasteiger partial charge is 0.269 e. The third-order valence-corrected chi connectivity index (χ3v) is 4.53. The summed E-state index contributed by atoms with van der Waals surface area (Å²) in [6.45, 7) is 1.76. The predicted octanol–water partition coefficient (Wildman–Crippen LogP) is 3.47. The summed E-state index contributed by atoms with van der Waals surface area (Å²) in [5.41, 5.74) is 8.78. The third kappa shape index (κ3) is 3.27. The Labute approximate surface area is 161 Å². The van der Waals surface area contributed by atoms with E-state index in [0.29, 0.717) is 22.6 Å². The molecule has 1 heterocycles. The fourth-order valence-corrected chi connectivity index (χ4v) is 3.21. The average Bonchev–Trinajstić information content (AvgIpc) is 3.01. The van der Waals surface area contributed by atoms with E-state index in [0.717, 1.165) is 5.69 Å². The Hall–Kier alpha value is -4.17. The first-order valence-electron chi connectivity index (χ1n) is 8.42. The van der Waals surface area contributed by atoms with Gasteiger partial charge in [0.1, 0.15) is 11.7 Å². The minimum absolute atomic E-state index is 0.0716. The number of nitro benzene ring substituents is 1. The molecule has 28 heavy (non-hydrogen) atoms. The van der Waals surface area contributed by atoms with E-state index in [9.17, 15) is 20.6 Å². The van der Waals surface area contributed by atoms with Gasteiger partial charge in [0.2, 0.25) is 0 Å². The number of nitrogens with zero attached hydrogens (tertiary/aromatic N) is 5. The lowest BCUT2D eigenvalue weighted by atomic mass is 9.81. The molecular weight excluding hydrogens is 356 g/mol. The van der Waals surface area contributed by atoms with Crippen molar-refractivity contribution in [1.82, 2.24) is 9.78 Å². The number of hydrogen-bond donors (Lipinski definition) is 1. The van der Waals surface area contributed by atoms with Crippen LogP contribution in [0.5, 0.6) is 0 Å². The van der Waals surface area contributed by atoms with Gasteiger partial charge in [-0.05, 0) is 24.6 Å². The minimum Gasteiger partial charge on any atom is -0.383 e. The van der Waals surface area contributed by atoms with E-state index in [1.54, 1.807) is 23.7 Å². The van der Waals surface area contributed by atoms with Crippen molar-refractivity contribution in [3.05, 3.63) is 81.5 Å². The van der Waals surface area contributed by atoms with Gasteiger partial charge in [-0.25, -0.2) is 4.68 Å². The highest BCUT2D eigenvalue weighted by molar-refractivity contribution is 5.56. The zero-order valence-electron chi connectivity index (χ0n) is 15.0. The largest absolute Gasteiger partial charge is 0.383 e. The number of aromatic nitrogens is 2. The summed E-state index contributed by atoms with van der Waals surface area (Å²) in [4.78, 5) is 10.4. The normalized spacial score (nSPS) is 11.6. The molecule has 1 unspecified atom stereocenters. The second-order valence-corrected chi connectivity index (χ2v) is 6.19. The van der Waals surface area contributed by atoms with Crippen molar-refractivity contribution >= 4 is 11.5 Å². The number of non-ortho nitro benzene ring substituents is 1. The number of nitriles is 2. The van der Waals surface area contributed by atoms with Crippen LogP contribution in [0, 0.1) is 45.6 Å². The molecule has 3 aromatic rings. The molecule has 8 heteroatoms. The highest BCUT2D eigenvalue weighted by Crippen LogP contribution is 2.38. The molecule has 0 bridgehead atoms. The summed E-state index contributed by atoms with van der Waals surface area (Å²) in [6.07, 6.45) is 0. The summed E-state index contributed by atoms with van der Waals surface area (Å²) in [5.74, 6) is -1.40. The first-order valence-corrected chi connectivity index (χ1v) is 8.42. The van der Waals surface area contributed by atoms with Gasteiger partial charge >= 0.3 is 0 Å². The molecule has 0 fully saturated rings. The monoisotopic (exact) mass is 372 g/mol. The van der Waals surface area contributed by atoms with Crippen LogP contribution >= 0.6 is 0 Å². The van der Waals surface area contributed by atoms with Crippen molar-refractivity contribution < 1.29 is 4.92 Å². The van der Waals surface area contributed by atoms with Crippen LogP contribution in [0.2, 0.25) is 0 Å². The van der Waals surface area contributed by atoms with Crippen LogP contribution < -0.4 is 5.73 Å². The third-order valence-electron chi connectivity index (χ3n) is 4.53. The molecule has 0 saturated heterocycles. The van der Waals surface area contributed by atoms with Crippen LogP contribution in [0.3, 0.4) is 0 Å². The molecular formula is C20H16N6O2. The highest BCUT2D eigenvalue weighted by Gasteiger charge is 2.31. The van der Waals surface area contributed by atoms with Crippen LogP contribution in [0.1, 0.15) is 22.7 Å². The number of aryl methyl sites for hydroxylation is 1. The number of para-hydroxylation sites is 1. The van der Waals surface area contributed by atoms with E-state index in [4.69, 9.17) is 5.73 Å². The molecule has 3 rings (SSSR count). The number of nitrogen functional groups attached to an aromatic ring is 1. The lowest BCUT2D eigenvalue weighted by Crippen LogP contribution is -2.14. The maximum atomic E-state index is 10.9. The van der Waals surface area contributed by atoms with Gasteiger partial charge in [-0.15, -0.1) is 0 Å². The Morgan fingerprint density at radius 1 is 1.11 bits per heavy atom. The van der Waals surface area contributed by atoms with Gasteiger partial charge in [-0.3, -0.25) is 10.1 Å². The second-order valence-electron chi connectivity index (χ2n) is 6.19. The summed E-state index contributed by atoms with van der Waals surface area (Å²) >= 11 is 0. The number of benzene rings is 2. The molecule has 1 aromatic heterocycles. The zero-order valence-corrected chi connectivity index (χ0v) is 15.0. The predicted molar refractivity (Wildman–Crippen MR) is 102 cm³/mol. The SMILES string of the molecule is Cc1nn(-c2ccccc2)c(N)c1C(c1ccc([N+](=O)[O-])cc1)C(C#N)C#N. The van der Waals surface area contributed by atoms with Crippen LogP contribution in [0.4, 0.5) is 11.5 Å². The molecule has 138 valence electrons. The van der Waals surface area contributed by atoms with Crippen LogP contribution in [-0.4, -0.2) is 14.7 Å². The van der Waals surface area contributed by atoms with Gasteiger partial charge < -0.3 is 5.73 Å².